The molecule has 0 rings (SSSR count). The van der Waals surface area contributed by atoms with Gasteiger partial charge in [-0.25, -0.2) is 0 Å². The van der Waals surface area contributed by atoms with Crippen molar-refractivity contribution in [2.45, 2.75) is 58.6 Å². The molecule has 116 valence electrons. The summed E-state index contributed by atoms with van der Waals surface area (Å²) in [6.07, 6.45) is 3.69. The highest BCUT2D eigenvalue weighted by Crippen LogP contribution is 2.28. The van der Waals surface area contributed by atoms with Crippen LogP contribution in [-0.4, -0.2) is 40.7 Å². The van der Waals surface area contributed by atoms with E-state index in [1.807, 2.05) is 20.4 Å². The highest BCUT2D eigenvalue weighted by Gasteiger charge is 2.41. The van der Waals surface area contributed by atoms with Gasteiger partial charge in [0.15, 0.2) is 0 Å². The molecule has 0 atom stereocenters. The highest BCUT2D eigenvalue weighted by atomic mass is 28.4. The van der Waals surface area contributed by atoms with Gasteiger partial charge in [0.2, 0.25) is 0 Å². The molecule has 4 N–H and O–H groups in total. The summed E-state index contributed by atoms with van der Waals surface area (Å²) >= 11 is 0. The summed E-state index contributed by atoms with van der Waals surface area (Å²) in [6.45, 7) is 10.5. The number of nitrogens with two attached hydrogens (primary N) is 2. The van der Waals surface area contributed by atoms with Gasteiger partial charge in [-0.2, -0.15) is 0 Å². The van der Waals surface area contributed by atoms with Gasteiger partial charge < -0.3 is 24.7 Å². The lowest BCUT2D eigenvalue weighted by Gasteiger charge is -2.38. The number of hydrogen-bond donors (Lipinski definition) is 2. The maximum absolute atomic E-state index is 6.29. The maximum atomic E-state index is 6.29. The minimum Gasteiger partial charge on any atom is -0.374 e. The van der Waals surface area contributed by atoms with Gasteiger partial charge >= 0.3 is 8.80 Å². The molecule has 0 aromatic carbocycles. The predicted molar refractivity (Wildman–Crippen MR) is 80.9 cm³/mol. The van der Waals surface area contributed by atoms with Crippen molar-refractivity contribution in [3.63, 3.8) is 0 Å². The van der Waals surface area contributed by atoms with Gasteiger partial charge in [-0.05, 0) is 59.5 Å². The van der Waals surface area contributed by atoms with E-state index in [4.69, 9.17) is 24.7 Å². The standard InChI is InChI=1S/C13H32N2O3Si/c1-5-16-19(4,17-6-2)18-13(3,9-7-11-14)10-8-12-15/h5-12,14-15H2,1-4H3. The molecule has 0 fully saturated rings. The van der Waals surface area contributed by atoms with Gasteiger partial charge in [-0.3, -0.25) is 0 Å². The van der Waals surface area contributed by atoms with Crippen LogP contribution in [0, 0.1) is 0 Å². The van der Waals surface area contributed by atoms with Crippen LogP contribution in [0.4, 0.5) is 0 Å². The van der Waals surface area contributed by atoms with Crippen LogP contribution in [0.25, 0.3) is 0 Å². The first-order chi connectivity index (χ1) is 8.95. The van der Waals surface area contributed by atoms with Crippen LogP contribution < -0.4 is 11.5 Å². The van der Waals surface area contributed by atoms with Crippen molar-refractivity contribution in [1.82, 2.24) is 0 Å². The van der Waals surface area contributed by atoms with Crippen LogP contribution in [0.15, 0.2) is 0 Å². The molecule has 0 amide bonds. The maximum Gasteiger partial charge on any atom is 0.498 e. The number of hydrogen-bond acceptors (Lipinski definition) is 5. The Labute approximate surface area is 119 Å². The molecule has 0 unspecified atom stereocenters. The fourth-order valence-corrected chi connectivity index (χ4v) is 4.60. The zero-order chi connectivity index (χ0) is 14.8. The molecular formula is C13H32N2O3Si. The quantitative estimate of drug-likeness (QED) is 0.537. The van der Waals surface area contributed by atoms with E-state index in [9.17, 15) is 0 Å². The average Bonchev–Trinajstić information content (AvgIpc) is 2.34. The Hall–Kier alpha value is 0.0169. The molecule has 0 aromatic heterocycles. The van der Waals surface area contributed by atoms with Gasteiger partial charge in [0.05, 0.1) is 5.60 Å². The fraction of sp³-hybridized carbons (Fsp3) is 1.00. The first-order valence-electron chi connectivity index (χ1n) is 7.33. The Morgan fingerprint density at radius 2 is 1.37 bits per heavy atom. The molecule has 0 saturated heterocycles. The van der Waals surface area contributed by atoms with E-state index >= 15 is 0 Å². The van der Waals surface area contributed by atoms with Crippen molar-refractivity contribution in [3.05, 3.63) is 0 Å². The van der Waals surface area contributed by atoms with E-state index in [-0.39, 0.29) is 5.60 Å². The third-order valence-electron chi connectivity index (χ3n) is 3.06. The lowest BCUT2D eigenvalue weighted by molar-refractivity contribution is -0.0264. The summed E-state index contributed by atoms with van der Waals surface area (Å²) in [7, 11) is -2.57. The summed E-state index contributed by atoms with van der Waals surface area (Å²) in [4.78, 5) is 0. The fourth-order valence-electron chi connectivity index (χ4n) is 2.25. The molecular weight excluding hydrogens is 260 g/mol. The Balaban J connectivity index is 4.71. The molecule has 0 heterocycles. The smallest absolute Gasteiger partial charge is 0.374 e. The van der Waals surface area contributed by atoms with E-state index in [2.05, 4.69) is 6.92 Å². The SMILES string of the molecule is CCO[Si](C)(OCC)OC(C)(CCCN)CCCN. The van der Waals surface area contributed by atoms with E-state index in [0.29, 0.717) is 26.3 Å². The molecule has 0 radical (unpaired) electrons. The van der Waals surface area contributed by atoms with Crippen molar-refractivity contribution in [1.29, 1.82) is 0 Å². The summed E-state index contributed by atoms with van der Waals surface area (Å²) < 4.78 is 17.8. The van der Waals surface area contributed by atoms with Crippen LogP contribution in [0.3, 0.4) is 0 Å². The van der Waals surface area contributed by atoms with Crippen molar-refractivity contribution < 1.29 is 13.3 Å². The highest BCUT2D eigenvalue weighted by molar-refractivity contribution is 6.59. The molecule has 0 spiro atoms. The summed E-state index contributed by atoms with van der Waals surface area (Å²) in [5.41, 5.74) is 11.0. The topological polar surface area (TPSA) is 79.7 Å². The van der Waals surface area contributed by atoms with Crippen molar-refractivity contribution in [2.75, 3.05) is 26.3 Å². The molecule has 19 heavy (non-hydrogen) atoms. The molecule has 0 aliphatic rings. The molecule has 0 aromatic rings. The Bertz CT molecular complexity index is 216. The summed E-state index contributed by atoms with van der Waals surface area (Å²) in [5.74, 6) is 0. The van der Waals surface area contributed by atoms with Crippen molar-refractivity contribution in [3.8, 4) is 0 Å². The monoisotopic (exact) mass is 292 g/mol. The first kappa shape index (κ1) is 19.0. The Kier molecular flexibility index (Phi) is 9.86. The van der Waals surface area contributed by atoms with E-state index in [0.717, 1.165) is 25.7 Å². The Morgan fingerprint density at radius 1 is 0.947 bits per heavy atom. The average molecular weight is 292 g/mol. The summed E-state index contributed by atoms with van der Waals surface area (Å²) in [6, 6.07) is 0. The normalized spacial score (nSPS) is 12.9. The summed E-state index contributed by atoms with van der Waals surface area (Å²) in [5, 5.41) is 0. The van der Waals surface area contributed by atoms with E-state index in [1.165, 1.54) is 0 Å². The van der Waals surface area contributed by atoms with Gasteiger partial charge in [0, 0.05) is 19.8 Å². The Morgan fingerprint density at radius 3 is 1.68 bits per heavy atom. The second-order valence-corrected chi connectivity index (χ2v) is 7.57. The zero-order valence-electron chi connectivity index (χ0n) is 13.0. The molecule has 6 heteroatoms. The molecule has 0 saturated carbocycles. The molecule has 5 nitrogen and oxygen atoms in total. The predicted octanol–water partition coefficient (Wildman–Crippen LogP) is 1.88. The lowest BCUT2D eigenvalue weighted by atomic mass is 9.94. The van der Waals surface area contributed by atoms with E-state index in [1.54, 1.807) is 0 Å². The van der Waals surface area contributed by atoms with Crippen LogP contribution in [0.5, 0.6) is 0 Å². The molecule has 0 aliphatic heterocycles. The third-order valence-corrected chi connectivity index (χ3v) is 5.55. The van der Waals surface area contributed by atoms with Crippen LogP contribution >= 0.6 is 0 Å². The van der Waals surface area contributed by atoms with E-state index < -0.39 is 8.80 Å². The second kappa shape index (κ2) is 9.85. The van der Waals surface area contributed by atoms with Gasteiger partial charge in [-0.1, -0.05) is 0 Å². The second-order valence-electron chi connectivity index (χ2n) is 5.06. The zero-order valence-corrected chi connectivity index (χ0v) is 14.0. The third kappa shape index (κ3) is 8.01. The number of rotatable bonds is 12. The van der Waals surface area contributed by atoms with Gasteiger partial charge in [0.25, 0.3) is 0 Å². The van der Waals surface area contributed by atoms with Crippen LogP contribution in [-0.2, 0) is 13.3 Å². The largest absolute Gasteiger partial charge is 0.498 e. The molecule has 0 aliphatic carbocycles. The van der Waals surface area contributed by atoms with Crippen LogP contribution in [0.1, 0.15) is 46.5 Å². The molecule has 0 bridgehead atoms. The van der Waals surface area contributed by atoms with Gasteiger partial charge in [0.1, 0.15) is 0 Å². The van der Waals surface area contributed by atoms with Gasteiger partial charge in [-0.15, -0.1) is 0 Å². The lowest BCUT2D eigenvalue weighted by Crippen LogP contribution is -2.50. The van der Waals surface area contributed by atoms with Crippen molar-refractivity contribution in [2.24, 2.45) is 11.5 Å². The van der Waals surface area contributed by atoms with Crippen molar-refractivity contribution >= 4 is 8.80 Å². The first-order valence-corrected chi connectivity index (χ1v) is 9.56. The van der Waals surface area contributed by atoms with Crippen LogP contribution in [0.2, 0.25) is 6.55 Å². The minimum absolute atomic E-state index is 0.260. The minimum atomic E-state index is -2.57.